The third-order valence-corrected chi connectivity index (χ3v) is 5.32. The topological polar surface area (TPSA) is 125 Å². The molecule has 2 aromatic heterocycles. The van der Waals surface area contributed by atoms with Crippen molar-refractivity contribution in [3.63, 3.8) is 0 Å². The molecule has 0 fully saturated rings. The highest BCUT2D eigenvalue weighted by atomic mass is 31.2. The molecule has 0 radical (unpaired) electrons. The zero-order valence-corrected chi connectivity index (χ0v) is 16.3. The van der Waals surface area contributed by atoms with Crippen LogP contribution >= 0.6 is 7.60 Å². The molecule has 0 saturated carbocycles. The molecule has 0 spiro atoms. The Bertz CT molecular complexity index is 791. The van der Waals surface area contributed by atoms with E-state index in [1.54, 1.807) is 44.7 Å². The molecule has 0 aliphatic heterocycles. The first-order chi connectivity index (χ1) is 12.2. The van der Waals surface area contributed by atoms with Crippen molar-refractivity contribution in [1.82, 2.24) is 19.5 Å². The quantitative estimate of drug-likeness (QED) is 0.633. The summed E-state index contributed by atoms with van der Waals surface area (Å²) in [6, 6.07) is 0. The molecule has 26 heavy (non-hydrogen) atoms. The number of imidazole rings is 1. The molecule has 1 unspecified atom stereocenters. The van der Waals surface area contributed by atoms with Gasteiger partial charge in [0.25, 0.3) is 0 Å². The minimum atomic E-state index is -3.41. The first-order valence-electron chi connectivity index (χ1n) is 8.42. The summed E-state index contributed by atoms with van der Waals surface area (Å²) in [6.45, 7) is 7.37. The average Bonchev–Trinajstić information content (AvgIpc) is 2.94. The predicted octanol–water partition coefficient (Wildman–Crippen LogP) is 2.57. The summed E-state index contributed by atoms with van der Waals surface area (Å²) in [4.78, 5) is 12.3. The molecule has 144 valence electrons. The molecule has 0 bridgehead atoms. The molecule has 2 heterocycles. The summed E-state index contributed by atoms with van der Waals surface area (Å²) in [6.07, 6.45) is 4.08. The van der Waals surface area contributed by atoms with Crippen molar-refractivity contribution in [3.05, 3.63) is 24.5 Å². The zero-order valence-electron chi connectivity index (χ0n) is 15.4. The van der Waals surface area contributed by atoms with E-state index in [0.29, 0.717) is 23.5 Å². The Morgan fingerprint density at radius 3 is 2.46 bits per heavy atom. The van der Waals surface area contributed by atoms with Crippen LogP contribution in [-0.2, 0) is 20.2 Å². The number of aromatic nitrogens is 4. The molecule has 0 aliphatic carbocycles. The van der Waals surface area contributed by atoms with Gasteiger partial charge in [0.1, 0.15) is 11.8 Å². The van der Waals surface area contributed by atoms with Gasteiger partial charge >= 0.3 is 7.60 Å². The number of anilines is 1. The Morgan fingerprint density at radius 2 is 1.88 bits per heavy atom. The molecule has 0 amide bonds. The number of nitrogens with zero attached hydrogens (tertiary/aromatic N) is 4. The van der Waals surface area contributed by atoms with Crippen molar-refractivity contribution in [3.8, 4) is 0 Å². The lowest BCUT2D eigenvalue weighted by molar-refractivity contribution is 0.149. The van der Waals surface area contributed by atoms with Crippen molar-refractivity contribution < 1.29 is 18.7 Å². The van der Waals surface area contributed by atoms with Crippen LogP contribution in [-0.4, -0.2) is 43.4 Å². The fourth-order valence-corrected chi connectivity index (χ4v) is 4.19. The van der Waals surface area contributed by atoms with Crippen LogP contribution in [0.1, 0.15) is 27.7 Å². The number of hydrogen-bond donors (Lipinski definition) is 2. The van der Waals surface area contributed by atoms with Crippen LogP contribution in [0.4, 0.5) is 5.82 Å². The highest BCUT2D eigenvalue weighted by Gasteiger charge is 2.25. The Hall–Kier alpha value is -1.80. The Labute approximate surface area is 152 Å². The van der Waals surface area contributed by atoms with Crippen molar-refractivity contribution in [2.45, 2.75) is 46.4 Å². The van der Waals surface area contributed by atoms with Crippen molar-refractivity contribution >= 4 is 24.6 Å². The van der Waals surface area contributed by atoms with Gasteiger partial charge in [0, 0.05) is 18.3 Å². The summed E-state index contributed by atoms with van der Waals surface area (Å²) in [5.74, 6) is 1.38. The summed E-state index contributed by atoms with van der Waals surface area (Å²) >= 11 is 0. The number of nitrogen functional groups attached to an aromatic ring is 1. The van der Waals surface area contributed by atoms with E-state index in [0.717, 1.165) is 0 Å². The van der Waals surface area contributed by atoms with Crippen molar-refractivity contribution in [2.24, 2.45) is 5.92 Å². The van der Waals surface area contributed by atoms with Crippen LogP contribution < -0.4 is 5.73 Å². The maximum Gasteiger partial charge on any atom is 0.354 e. The fraction of sp³-hybridized carbons (Fsp3) is 0.562. The second-order valence-electron chi connectivity index (χ2n) is 6.46. The van der Waals surface area contributed by atoms with Crippen LogP contribution in [0.2, 0.25) is 0 Å². The smallest absolute Gasteiger partial charge is 0.354 e. The van der Waals surface area contributed by atoms with Crippen LogP contribution in [0.15, 0.2) is 24.5 Å². The molecule has 0 aliphatic rings. The highest BCUT2D eigenvalue weighted by molar-refractivity contribution is 7.57. The van der Waals surface area contributed by atoms with Gasteiger partial charge in [-0.2, -0.15) is 0 Å². The predicted molar refractivity (Wildman–Crippen MR) is 99.5 cm³/mol. The van der Waals surface area contributed by atoms with Gasteiger partial charge in [-0.3, -0.25) is 4.57 Å². The van der Waals surface area contributed by atoms with Gasteiger partial charge in [0.15, 0.2) is 11.5 Å². The SMILES string of the molecule is CC(C)OP(=O)(C=CC(CO)Cn1cnc2c(N)ncnc21)OC(C)C. The largest absolute Gasteiger partial charge is 0.396 e. The highest BCUT2D eigenvalue weighted by Crippen LogP contribution is 2.52. The number of fused-ring (bicyclic) bond motifs is 1. The van der Waals surface area contributed by atoms with Gasteiger partial charge in [0.05, 0.1) is 25.1 Å². The van der Waals surface area contributed by atoms with Gasteiger partial charge in [-0.15, -0.1) is 0 Å². The number of rotatable bonds is 9. The summed E-state index contributed by atoms with van der Waals surface area (Å²) in [5.41, 5.74) is 6.86. The van der Waals surface area contributed by atoms with Gasteiger partial charge in [-0.25, -0.2) is 15.0 Å². The van der Waals surface area contributed by atoms with E-state index in [1.165, 1.54) is 12.1 Å². The molecule has 10 heteroatoms. The van der Waals surface area contributed by atoms with Crippen LogP contribution in [0.5, 0.6) is 0 Å². The molecule has 1 atom stereocenters. The van der Waals surface area contributed by atoms with E-state index in [9.17, 15) is 9.67 Å². The first kappa shape index (κ1) is 20.5. The normalized spacial score (nSPS) is 14.1. The maximum absolute atomic E-state index is 12.8. The van der Waals surface area contributed by atoms with Crippen molar-refractivity contribution in [1.29, 1.82) is 0 Å². The number of aliphatic hydroxyl groups excluding tert-OH is 1. The summed E-state index contributed by atoms with van der Waals surface area (Å²) < 4.78 is 25.6. The zero-order chi connectivity index (χ0) is 19.3. The van der Waals surface area contributed by atoms with Crippen LogP contribution in [0.3, 0.4) is 0 Å². The van der Waals surface area contributed by atoms with E-state index in [1.807, 2.05) is 0 Å². The Balaban J connectivity index is 2.20. The lowest BCUT2D eigenvalue weighted by Gasteiger charge is -2.20. The van der Waals surface area contributed by atoms with Crippen molar-refractivity contribution in [2.75, 3.05) is 12.3 Å². The molecular formula is C16H26N5O4P. The number of aliphatic hydroxyl groups is 1. The summed E-state index contributed by atoms with van der Waals surface area (Å²) in [7, 11) is -3.41. The minimum absolute atomic E-state index is 0.153. The maximum atomic E-state index is 12.8. The van der Waals surface area contributed by atoms with Crippen LogP contribution in [0.25, 0.3) is 11.2 Å². The van der Waals surface area contributed by atoms with Gasteiger partial charge in [-0.05, 0) is 27.7 Å². The lowest BCUT2D eigenvalue weighted by Crippen LogP contribution is -2.13. The van der Waals surface area contributed by atoms with E-state index >= 15 is 0 Å². The van der Waals surface area contributed by atoms with E-state index in [-0.39, 0.29) is 24.7 Å². The Morgan fingerprint density at radius 1 is 1.23 bits per heavy atom. The van der Waals surface area contributed by atoms with Gasteiger partial charge in [0.2, 0.25) is 0 Å². The summed E-state index contributed by atoms with van der Waals surface area (Å²) in [5, 5.41) is 9.70. The Kier molecular flexibility index (Phi) is 6.88. The number of hydrogen-bond acceptors (Lipinski definition) is 8. The fourth-order valence-electron chi connectivity index (χ4n) is 2.37. The van der Waals surface area contributed by atoms with Gasteiger partial charge in [-0.1, -0.05) is 6.08 Å². The molecule has 3 N–H and O–H groups in total. The molecule has 2 aromatic rings. The third kappa shape index (κ3) is 5.35. The minimum Gasteiger partial charge on any atom is -0.396 e. The molecule has 9 nitrogen and oxygen atoms in total. The molecule has 2 rings (SSSR count). The molecule has 0 saturated heterocycles. The first-order valence-corrected chi connectivity index (χ1v) is 10.0. The van der Waals surface area contributed by atoms with E-state index in [2.05, 4.69) is 15.0 Å². The standard InChI is InChI=1S/C16H26N5O4P/c1-11(2)24-26(23,25-12(3)4)6-5-13(8-22)7-21-10-20-14-15(17)18-9-19-16(14)21/h5-6,9-13,22H,7-8H2,1-4H3,(H2,17,18,19). The lowest BCUT2D eigenvalue weighted by atomic mass is 10.1. The second kappa shape index (κ2) is 8.73. The average molecular weight is 383 g/mol. The third-order valence-electron chi connectivity index (χ3n) is 3.35. The van der Waals surface area contributed by atoms with E-state index < -0.39 is 7.60 Å². The monoisotopic (exact) mass is 383 g/mol. The van der Waals surface area contributed by atoms with Crippen LogP contribution in [0, 0.1) is 5.92 Å². The second-order valence-corrected chi connectivity index (χ2v) is 8.26. The van der Waals surface area contributed by atoms with E-state index in [4.69, 9.17) is 14.8 Å². The molecule has 0 aromatic carbocycles. The van der Waals surface area contributed by atoms with Gasteiger partial charge < -0.3 is 24.5 Å². The number of nitrogens with two attached hydrogens (primary N) is 1. The molecular weight excluding hydrogens is 357 g/mol.